The van der Waals surface area contributed by atoms with Gasteiger partial charge in [-0.1, -0.05) is 0 Å². The van der Waals surface area contributed by atoms with E-state index in [0.717, 1.165) is 6.07 Å². The van der Waals surface area contributed by atoms with E-state index in [1.165, 1.54) is 30.3 Å². The van der Waals surface area contributed by atoms with Gasteiger partial charge in [-0.15, -0.1) is 0 Å². The summed E-state index contributed by atoms with van der Waals surface area (Å²) in [7, 11) is -3.89. The zero-order valence-corrected chi connectivity index (χ0v) is 11.5. The molecule has 0 saturated carbocycles. The number of nitrogens with zero attached hydrogens (tertiary/aromatic N) is 1. The van der Waals surface area contributed by atoms with E-state index in [9.17, 15) is 12.8 Å². The van der Waals surface area contributed by atoms with Crippen molar-refractivity contribution in [2.24, 2.45) is 5.14 Å². The molecule has 0 aliphatic rings. The van der Waals surface area contributed by atoms with Crippen molar-refractivity contribution < 1.29 is 12.8 Å². The first kappa shape index (κ1) is 14.8. The van der Waals surface area contributed by atoms with Crippen LogP contribution in [0.1, 0.15) is 5.56 Å². The molecule has 0 aliphatic heterocycles. The zero-order chi connectivity index (χ0) is 15.6. The molecule has 0 heterocycles. The number of hydrogen-bond donors (Lipinski definition) is 3. The van der Waals surface area contributed by atoms with Gasteiger partial charge in [-0.05, 0) is 36.4 Å². The van der Waals surface area contributed by atoms with Gasteiger partial charge in [0.2, 0.25) is 10.0 Å². The molecule has 0 atom stereocenters. The van der Waals surface area contributed by atoms with E-state index < -0.39 is 15.8 Å². The molecule has 0 amide bonds. The van der Waals surface area contributed by atoms with Gasteiger partial charge in [0.15, 0.2) is 0 Å². The Morgan fingerprint density at radius 2 is 1.86 bits per heavy atom. The Hall–Kier alpha value is -2.63. The van der Waals surface area contributed by atoms with Gasteiger partial charge in [-0.3, -0.25) is 0 Å². The molecule has 0 saturated heterocycles. The highest BCUT2D eigenvalue weighted by molar-refractivity contribution is 7.89. The smallest absolute Gasteiger partial charge is 0.238 e. The second-order valence-electron chi connectivity index (χ2n) is 4.27. The topological polar surface area (TPSA) is 122 Å². The van der Waals surface area contributed by atoms with Gasteiger partial charge in [-0.2, -0.15) is 5.26 Å². The standard InChI is InChI=1S/C13H11FN4O2S/c14-13-2-1-10(3-8(13)7-15)18-11-4-9(16)5-12(6-11)21(17,19)20/h1-6,18H,16H2,(H2,17,19,20). The number of hydrogen-bond acceptors (Lipinski definition) is 5. The highest BCUT2D eigenvalue weighted by Gasteiger charge is 2.10. The Labute approximate surface area is 120 Å². The lowest BCUT2D eigenvalue weighted by Gasteiger charge is -2.09. The summed E-state index contributed by atoms with van der Waals surface area (Å²) in [5, 5.41) is 16.7. The quantitative estimate of drug-likeness (QED) is 0.744. The van der Waals surface area contributed by atoms with Crippen LogP contribution in [0.2, 0.25) is 0 Å². The molecule has 0 spiro atoms. The molecule has 0 bridgehead atoms. The minimum atomic E-state index is -3.89. The van der Waals surface area contributed by atoms with Gasteiger partial charge in [0.05, 0.1) is 10.5 Å². The molecular weight excluding hydrogens is 295 g/mol. The summed E-state index contributed by atoms with van der Waals surface area (Å²) in [5.41, 5.74) is 6.46. The van der Waals surface area contributed by atoms with Crippen LogP contribution in [-0.2, 0) is 10.0 Å². The Morgan fingerprint density at radius 1 is 1.14 bits per heavy atom. The summed E-state index contributed by atoms with van der Waals surface area (Å²) in [5.74, 6) is -0.638. The Bertz CT molecular complexity index is 844. The van der Waals surface area contributed by atoms with Gasteiger partial charge < -0.3 is 11.1 Å². The van der Waals surface area contributed by atoms with Crippen LogP contribution in [0.25, 0.3) is 0 Å². The van der Waals surface area contributed by atoms with E-state index in [2.05, 4.69) is 5.32 Å². The third kappa shape index (κ3) is 3.47. The number of nitriles is 1. The van der Waals surface area contributed by atoms with Crippen LogP contribution in [0, 0.1) is 17.1 Å². The normalized spacial score (nSPS) is 10.9. The zero-order valence-electron chi connectivity index (χ0n) is 10.7. The fraction of sp³-hybridized carbons (Fsp3) is 0. The van der Waals surface area contributed by atoms with E-state index >= 15 is 0 Å². The van der Waals surface area contributed by atoms with Crippen molar-refractivity contribution in [3.63, 3.8) is 0 Å². The van der Waals surface area contributed by atoms with Gasteiger partial charge >= 0.3 is 0 Å². The van der Waals surface area contributed by atoms with E-state index in [1.807, 2.05) is 0 Å². The van der Waals surface area contributed by atoms with E-state index in [1.54, 1.807) is 6.07 Å². The summed E-state index contributed by atoms with van der Waals surface area (Å²) in [4.78, 5) is -0.146. The van der Waals surface area contributed by atoms with Crippen molar-refractivity contribution in [1.82, 2.24) is 0 Å². The maximum Gasteiger partial charge on any atom is 0.238 e. The number of nitrogens with two attached hydrogens (primary N) is 2. The van der Waals surface area contributed by atoms with Crippen molar-refractivity contribution in [2.45, 2.75) is 4.90 Å². The number of nitrogen functional groups attached to an aromatic ring is 1. The molecule has 2 aromatic rings. The molecular formula is C13H11FN4O2S. The van der Waals surface area contributed by atoms with Gasteiger partial charge in [0.25, 0.3) is 0 Å². The summed E-state index contributed by atoms with van der Waals surface area (Å²) < 4.78 is 35.9. The molecule has 0 aliphatic carbocycles. The first-order chi connectivity index (χ1) is 9.79. The molecule has 6 nitrogen and oxygen atoms in total. The first-order valence-electron chi connectivity index (χ1n) is 5.69. The van der Waals surface area contributed by atoms with Crippen LogP contribution in [-0.4, -0.2) is 8.42 Å². The van der Waals surface area contributed by atoms with Crippen molar-refractivity contribution in [2.75, 3.05) is 11.1 Å². The summed E-state index contributed by atoms with van der Waals surface area (Å²) in [6.07, 6.45) is 0. The highest BCUT2D eigenvalue weighted by Crippen LogP contribution is 2.24. The third-order valence-electron chi connectivity index (χ3n) is 2.63. The monoisotopic (exact) mass is 306 g/mol. The lowest BCUT2D eigenvalue weighted by molar-refractivity contribution is 0.598. The Kier molecular flexibility index (Phi) is 3.80. The van der Waals surface area contributed by atoms with Crippen LogP contribution < -0.4 is 16.2 Å². The lowest BCUT2D eigenvalue weighted by Crippen LogP contribution is -2.12. The molecule has 21 heavy (non-hydrogen) atoms. The van der Waals surface area contributed by atoms with Crippen LogP contribution in [0.3, 0.4) is 0 Å². The SMILES string of the molecule is N#Cc1cc(Nc2cc(N)cc(S(N)(=O)=O)c2)ccc1F. The predicted octanol–water partition coefficient (Wildman–Crippen LogP) is 1.67. The number of nitrogens with one attached hydrogen (secondary N) is 1. The Balaban J connectivity index is 2.41. The summed E-state index contributed by atoms with van der Waals surface area (Å²) in [6, 6.07) is 9.57. The maximum absolute atomic E-state index is 13.2. The highest BCUT2D eigenvalue weighted by atomic mass is 32.2. The fourth-order valence-corrected chi connectivity index (χ4v) is 2.31. The van der Waals surface area contributed by atoms with E-state index in [4.69, 9.17) is 16.1 Å². The molecule has 0 aromatic heterocycles. The third-order valence-corrected chi connectivity index (χ3v) is 3.53. The molecule has 0 fully saturated rings. The number of primary sulfonamides is 1. The molecule has 5 N–H and O–H groups in total. The second-order valence-corrected chi connectivity index (χ2v) is 5.83. The minimum Gasteiger partial charge on any atom is -0.399 e. The molecule has 108 valence electrons. The predicted molar refractivity (Wildman–Crippen MR) is 76.6 cm³/mol. The molecule has 0 radical (unpaired) electrons. The van der Waals surface area contributed by atoms with Crippen molar-refractivity contribution >= 4 is 27.1 Å². The van der Waals surface area contributed by atoms with Gasteiger partial charge in [-0.25, -0.2) is 17.9 Å². The summed E-state index contributed by atoms with van der Waals surface area (Å²) >= 11 is 0. The van der Waals surface area contributed by atoms with Crippen molar-refractivity contribution in [3.8, 4) is 6.07 Å². The van der Waals surface area contributed by atoms with Crippen LogP contribution in [0.5, 0.6) is 0 Å². The molecule has 8 heteroatoms. The van der Waals surface area contributed by atoms with Crippen LogP contribution in [0.4, 0.5) is 21.5 Å². The van der Waals surface area contributed by atoms with E-state index in [0.29, 0.717) is 11.4 Å². The number of halogens is 1. The number of benzene rings is 2. The van der Waals surface area contributed by atoms with Gasteiger partial charge in [0, 0.05) is 17.1 Å². The second kappa shape index (κ2) is 5.40. The van der Waals surface area contributed by atoms with E-state index in [-0.39, 0.29) is 16.1 Å². The molecule has 2 aromatic carbocycles. The lowest BCUT2D eigenvalue weighted by atomic mass is 10.2. The largest absolute Gasteiger partial charge is 0.399 e. The van der Waals surface area contributed by atoms with Gasteiger partial charge in [0.1, 0.15) is 11.9 Å². The molecule has 2 rings (SSSR count). The Morgan fingerprint density at radius 3 is 2.48 bits per heavy atom. The maximum atomic E-state index is 13.2. The van der Waals surface area contributed by atoms with Crippen LogP contribution in [0.15, 0.2) is 41.3 Å². The summed E-state index contributed by atoms with van der Waals surface area (Å²) in [6.45, 7) is 0. The number of rotatable bonds is 3. The van der Waals surface area contributed by atoms with Crippen LogP contribution >= 0.6 is 0 Å². The average molecular weight is 306 g/mol. The minimum absolute atomic E-state index is 0.129. The van der Waals surface area contributed by atoms with Crippen molar-refractivity contribution in [1.29, 1.82) is 5.26 Å². The number of sulfonamides is 1. The fourth-order valence-electron chi connectivity index (χ4n) is 1.71. The average Bonchev–Trinajstić information content (AvgIpc) is 2.39. The van der Waals surface area contributed by atoms with Crippen molar-refractivity contribution in [3.05, 3.63) is 47.8 Å². The number of anilines is 3. The molecule has 0 unspecified atom stereocenters. The first-order valence-corrected chi connectivity index (χ1v) is 7.24.